The minimum absolute atomic E-state index is 0.810. The molecule has 0 fully saturated rings. The van der Waals surface area contributed by atoms with E-state index in [1.54, 1.807) is 0 Å². The van der Waals surface area contributed by atoms with E-state index < -0.39 is 0 Å². The Morgan fingerprint density at radius 3 is 2.56 bits per heavy atom. The molecule has 0 spiro atoms. The summed E-state index contributed by atoms with van der Waals surface area (Å²) in [5.74, 6) is 2.11. The van der Waals surface area contributed by atoms with Crippen molar-refractivity contribution in [1.29, 1.82) is 0 Å². The average Bonchev–Trinajstić information content (AvgIpc) is 2.60. The molecule has 2 N–H and O–H groups in total. The maximum absolute atomic E-state index is 5.46. The number of unbranched alkanes of at least 4 members (excludes halogenated alkanes) is 3. The summed E-state index contributed by atoms with van der Waals surface area (Å²) in [6.45, 7) is 2.97. The van der Waals surface area contributed by atoms with Crippen LogP contribution >= 0.6 is 0 Å². The zero-order chi connectivity index (χ0) is 11.8. The molecule has 0 saturated heterocycles. The molecule has 0 amide bonds. The maximum Gasteiger partial charge on any atom is 0.150 e. The molecule has 0 unspecified atom stereocenters. The van der Waals surface area contributed by atoms with Crippen LogP contribution in [0, 0.1) is 0 Å². The molecule has 4 nitrogen and oxygen atoms in total. The van der Waals surface area contributed by atoms with Crippen LogP contribution in [0.4, 0.5) is 0 Å². The molecular weight excluding hydrogens is 200 g/mol. The summed E-state index contributed by atoms with van der Waals surface area (Å²) in [7, 11) is 1.99. The van der Waals surface area contributed by atoms with E-state index in [9.17, 15) is 0 Å². The lowest BCUT2D eigenvalue weighted by atomic mass is 10.1. The highest BCUT2D eigenvalue weighted by Gasteiger charge is 2.05. The molecule has 4 heteroatoms. The van der Waals surface area contributed by atoms with Crippen LogP contribution in [0.15, 0.2) is 0 Å². The lowest BCUT2D eigenvalue weighted by Crippen LogP contribution is -2.00. The molecule has 0 aromatic carbocycles. The lowest BCUT2D eigenvalue weighted by molar-refractivity contribution is 0.611. The third-order valence-electron chi connectivity index (χ3n) is 2.73. The van der Waals surface area contributed by atoms with Crippen molar-refractivity contribution in [3.8, 4) is 0 Å². The van der Waals surface area contributed by atoms with E-state index >= 15 is 0 Å². The average molecular weight is 224 g/mol. The van der Waals surface area contributed by atoms with Crippen molar-refractivity contribution in [1.82, 2.24) is 14.8 Å². The van der Waals surface area contributed by atoms with Crippen molar-refractivity contribution in [2.24, 2.45) is 12.8 Å². The molecule has 1 aromatic rings. The van der Waals surface area contributed by atoms with Crippen LogP contribution in [0.25, 0.3) is 0 Å². The van der Waals surface area contributed by atoms with E-state index in [1.807, 2.05) is 11.7 Å². The predicted molar refractivity (Wildman–Crippen MR) is 66.2 cm³/mol. The Bertz CT molecular complexity index is 293. The molecule has 0 bridgehead atoms. The summed E-state index contributed by atoms with van der Waals surface area (Å²) in [6.07, 6.45) is 7.94. The van der Waals surface area contributed by atoms with Gasteiger partial charge in [-0.15, -0.1) is 0 Å². The SMILES string of the molecule is CCCc1nc(CCCCCCN)n(C)n1. The molecule has 16 heavy (non-hydrogen) atoms. The molecule has 1 rings (SSSR count). The minimum atomic E-state index is 0.810. The molecule has 0 aliphatic rings. The van der Waals surface area contributed by atoms with Crippen LogP contribution in [0.2, 0.25) is 0 Å². The van der Waals surface area contributed by atoms with Crippen molar-refractivity contribution in [3.63, 3.8) is 0 Å². The fourth-order valence-electron chi connectivity index (χ4n) is 1.80. The van der Waals surface area contributed by atoms with E-state index in [4.69, 9.17) is 5.73 Å². The number of aromatic nitrogens is 3. The first-order chi connectivity index (χ1) is 7.77. The normalized spacial score (nSPS) is 10.9. The number of hydrogen-bond donors (Lipinski definition) is 1. The van der Waals surface area contributed by atoms with Crippen LogP contribution in [-0.2, 0) is 19.9 Å². The van der Waals surface area contributed by atoms with Gasteiger partial charge in [0.25, 0.3) is 0 Å². The van der Waals surface area contributed by atoms with Crippen molar-refractivity contribution in [3.05, 3.63) is 11.6 Å². The predicted octanol–water partition coefficient (Wildman–Crippen LogP) is 1.83. The Morgan fingerprint density at radius 2 is 1.88 bits per heavy atom. The van der Waals surface area contributed by atoms with Crippen LogP contribution < -0.4 is 5.73 Å². The zero-order valence-corrected chi connectivity index (χ0v) is 10.6. The monoisotopic (exact) mass is 224 g/mol. The van der Waals surface area contributed by atoms with E-state index in [1.165, 1.54) is 19.3 Å². The fraction of sp³-hybridized carbons (Fsp3) is 0.833. The van der Waals surface area contributed by atoms with Gasteiger partial charge in [-0.3, -0.25) is 4.68 Å². The number of nitrogens with zero attached hydrogens (tertiary/aromatic N) is 3. The molecule has 0 aliphatic heterocycles. The van der Waals surface area contributed by atoms with Crippen molar-refractivity contribution in [2.75, 3.05) is 6.54 Å². The Hall–Kier alpha value is -0.900. The van der Waals surface area contributed by atoms with E-state index in [-0.39, 0.29) is 0 Å². The van der Waals surface area contributed by atoms with Gasteiger partial charge >= 0.3 is 0 Å². The molecular formula is C12H24N4. The third kappa shape index (κ3) is 4.31. The Balaban J connectivity index is 2.30. The number of aryl methyl sites for hydroxylation is 3. The summed E-state index contributed by atoms with van der Waals surface area (Å²) < 4.78 is 1.92. The summed E-state index contributed by atoms with van der Waals surface area (Å²) in [5, 5.41) is 4.40. The van der Waals surface area contributed by atoms with Crippen LogP contribution in [0.3, 0.4) is 0 Å². The summed E-state index contributed by atoms with van der Waals surface area (Å²) in [5.41, 5.74) is 5.46. The molecule has 1 heterocycles. The quantitative estimate of drug-likeness (QED) is 0.685. The van der Waals surface area contributed by atoms with E-state index in [0.29, 0.717) is 0 Å². The summed E-state index contributed by atoms with van der Waals surface area (Å²) in [6, 6.07) is 0. The van der Waals surface area contributed by atoms with Crippen molar-refractivity contribution in [2.45, 2.75) is 51.9 Å². The first-order valence-electron chi connectivity index (χ1n) is 6.36. The molecule has 92 valence electrons. The zero-order valence-electron chi connectivity index (χ0n) is 10.6. The highest BCUT2D eigenvalue weighted by molar-refractivity contribution is 4.92. The van der Waals surface area contributed by atoms with Gasteiger partial charge in [-0.05, 0) is 25.8 Å². The highest BCUT2D eigenvalue weighted by atomic mass is 15.3. The van der Waals surface area contributed by atoms with Gasteiger partial charge in [-0.2, -0.15) is 5.10 Å². The first kappa shape index (κ1) is 13.2. The van der Waals surface area contributed by atoms with Gasteiger partial charge in [0.15, 0.2) is 5.82 Å². The Kier molecular flexibility index (Phi) is 6.08. The van der Waals surface area contributed by atoms with E-state index in [0.717, 1.165) is 43.9 Å². The number of nitrogens with two attached hydrogens (primary N) is 1. The second kappa shape index (κ2) is 7.39. The van der Waals surface area contributed by atoms with Gasteiger partial charge < -0.3 is 5.73 Å². The second-order valence-electron chi connectivity index (χ2n) is 4.27. The number of rotatable bonds is 8. The highest BCUT2D eigenvalue weighted by Crippen LogP contribution is 2.06. The van der Waals surface area contributed by atoms with Gasteiger partial charge in [0.2, 0.25) is 0 Å². The van der Waals surface area contributed by atoms with Crippen LogP contribution in [0.5, 0.6) is 0 Å². The van der Waals surface area contributed by atoms with Crippen LogP contribution in [-0.4, -0.2) is 21.3 Å². The smallest absolute Gasteiger partial charge is 0.150 e. The lowest BCUT2D eigenvalue weighted by Gasteiger charge is -1.99. The number of hydrogen-bond acceptors (Lipinski definition) is 3. The van der Waals surface area contributed by atoms with E-state index in [2.05, 4.69) is 17.0 Å². The van der Waals surface area contributed by atoms with Crippen molar-refractivity contribution < 1.29 is 0 Å². The van der Waals surface area contributed by atoms with Gasteiger partial charge in [-0.1, -0.05) is 19.8 Å². The third-order valence-corrected chi connectivity index (χ3v) is 2.73. The Morgan fingerprint density at radius 1 is 1.12 bits per heavy atom. The van der Waals surface area contributed by atoms with Crippen molar-refractivity contribution >= 4 is 0 Å². The van der Waals surface area contributed by atoms with Gasteiger partial charge in [-0.25, -0.2) is 4.98 Å². The summed E-state index contributed by atoms with van der Waals surface area (Å²) >= 11 is 0. The molecule has 0 radical (unpaired) electrons. The molecule has 0 saturated carbocycles. The topological polar surface area (TPSA) is 56.7 Å². The Labute approximate surface area is 98.2 Å². The first-order valence-corrected chi connectivity index (χ1v) is 6.36. The molecule has 0 aliphatic carbocycles. The van der Waals surface area contributed by atoms with Gasteiger partial charge in [0, 0.05) is 19.9 Å². The van der Waals surface area contributed by atoms with Gasteiger partial charge in [0.05, 0.1) is 0 Å². The van der Waals surface area contributed by atoms with Crippen LogP contribution in [0.1, 0.15) is 50.7 Å². The minimum Gasteiger partial charge on any atom is -0.330 e. The molecule has 0 atom stereocenters. The fourth-order valence-corrected chi connectivity index (χ4v) is 1.80. The summed E-state index contributed by atoms with van der Waals surface area (Å²) in [4.78, 5) is 4.54. The molecule has 1 aromatic heterocycles. The maximum atomic E-state index is 5.46. The standard InChI is InChI=1S/C12H24N4/c1-3-8-11-14-12(16(2)15-11)9-6-4-5-7-10-13/h3-10,13H2,1-2H3. The largest absolute Gasteiger partial charge is 0.330 e. The second-order valence-corrected chi connectivity index (χ2v) is 4.27. The van der Waals surface area contributed by atoms with Gasteiger partial charge in [0.1, 0.15) is 5.82 Å².